The number of hydrogen-bond donors (Lipinski definition) is 1. The smallest absolute Gasteiger partial charge is 0.248 e. The largest absolute Gasteiger partial charge is 0.618 e. The zero-order valence-corrected chi connectivity index (χ0v) is 8.30. The summed E-state index contributed by atoms with van der Waals surface area (Å²) in [6.45, 7) is 1.72. The average molecular weight is 213 g/mol. The molecule has 2 aromatic heterocycles. The molecule has 0 aliphatic rings. The maximum absolute atomic E-state index is 11.1. The Kier molecular flexibility index (Phi) is 2.76. The van der Waals surface area contributed by atoms with Crippen LogP contribution in [0, 0.1) is 12.1 Å². The maximum Gasteiger partial charge on any atom is 0.248 e. The molecule has 5 heteroatoms. The highest BCUT2D eigenvalue weighted by molar-refractivity contribution is 5.85. The minimum Gasteiger partial charge on any atom is -0.618 e. The fraction of sp³-hybridized carbons (Fsp3) is 0.111. The zero-order chi connectivity index (χ0) is 9.42. The van der Waals surface area contributed by atoms with Crippen molar-refractivity contribution < 1.29 is 4.73 Å². The number of fused-ring (bicyclic) bond motifs is 1. The first-order chi connectivity index (χ1) is 6.18. The van der Waals surface area contributed by atoms with Crippen molar-refractivity contribution >= 4 is 23.3 Å². The van der Waals surface area contributed by atoms with Crippen molar-refractivity contribution in [3.63, 3.8) is 0 Å². The Balaban J connectivity index is 0.000000980. The number of nitrogens with one attached hydrogen (secondary N) is 1. The summed E-state index contributed by atoms with van der Waals surface area (Å²) in [4.78, 5) is 13.6. The zero-order valence-electron chi connectivity index (χ0n) is 7.48. The van der Waals surface area contributed by atoms with E-state index < -0.39 is 0 Å². The molecule has 4 nitrogen and oxygen atoms in total. The van der Waals surface area contributed by atoms with E-state index in [1.54, 1.807) is 19.1 Å². The van der Waals surface area contributed by atoms with E-state index in [1.807, 2.05) is 0 Å². The van der Waals surface area contributed by atoms with E-state index in [9.17, 15) is 10.0 Å². The fourth-order valence-electron chi connectivity index (χ4n) is 1.31. The van der Waals surface area contributed by atoms with Gasteiger partial charge in [-0.1, -0.05) is 0 Å². The van der Waals surface area contributed by atoms with Crippen LogP contribution < -0.4 is 10.3 Å². The van der Waals surface area contributed by atoms with Crippen molar-refractivity contribution in [2.45, 2.75) is 6.92 Å². The van der Waals surface area contributed by atoms with Crippen LogP contribution in [0.15, 0.2) is 29.2 Å². The number of aryl methyl sites for hydroxylation is 1. The number of halogens is 1. The Bertz CT molecular complexity index is 522. The standard InChI is InChI=1S/C9H8N2O2.ClH/c1-6-7-2-3-9(12)10-8(7)4-5-11(6)13;/h2-5H,1H3,(H,10,12);1H. The van der Waals surface area contributed by atoms with Crippen LogP contribution in [0.1, 0.15) is 5.69 Å². The first-order valence-corrected chi connectivity index (χ1v) is 3.90. The summed E-state index contributed by atoms with van der Waals surface area (Å²) in [6.07, 6.45) is 1.38. The van der Waals surface area contributed by atoms with Gasteiger partial charge in [-0.05, 0) is 6.07 Å². The lowest BCUT2D eigenvalue weighted by molar-refractivity contribution is -0.610. The first-order valence-electron chi connectivity index (χ1n) is 3.90. The third-order valence-electron chi connectivity index (χ3n) is 2.05. The SMILES string of the molecule is Cc1c2ccc(=O)[nH]c2cc[n+]1[O-].Cl. The Hall–Kier alpha value is -1.55. The van der Waals surface area contributed by atoms with Crippen LogP contribution in [0.2, 0.25) is 0 Å². The van der Waals surface area contributed by atoms with Gasteiger partial charge in [0.1, 0.15) is 0 Å². The molecule has 0 unspecified atom stereocenters. The molecule has 14 heavy (non-hydrogen) atoms. The van der Waals surface area contributed by atoms with Crippen molar-refractivity contribution in [1.29, 1.82) is 0 Å². The van der Waals surface area contributed by atoms with Crippen LogP contribution in [0.5, 0.6) is 0 Å². The van der Waals surface area contributed by atoms with Gasteiger partial charge in [-0.25, -0.2) is 0 Å². The highest BCUT2D eigenvalue weighted by Gasteiger charge is 2.04. The molecule has 2 heterocycles. The van der Waals surface area contributed by atoms with Crippen molar-refractivity contribution in [2.24, 2.45) is 0 Å². The van der Waals surface area contributed by atoms with Gasteiger partial charge in [0.25, 0.3) is 0 Å². The summed E-state index contributed by atoms with van der Waals surface area (Å²) in [5.41, 5.74) is 1.13. The molecule has 0 spiro atoms. The quantitative estimate of drug-likeness (QED) is 0.521. The molecule has 0 radical (unpaired) electrons. The minimum atomic E-state index is -0.157. The number of rotatable bonds is 0. The van der Waals surface area contributed by atoms with E-state index in [0.29, 0.717) is 11.2 Å². The molecule has 0 atom stereocenters. The first kappa shape index (κ1) is 10.5. The van der Waals surface area contributed by atoms with Crippen LogP contribution in [0.3, 0.4) is 0 Å². The number of H-pyrrole nitrogens is 1. The number of hydrogen-bond acceptors (Lipinski definition) is 2. The predicted octanol–water partition coefficient (Wildman–Crippen LogP) is 0.892. The van der Waals surface area contributed by atoms with Gasteiger partial charge in [0.2, 0.25) is 5.56 Å². The van der Waals surface area contributed by atoms with E-state index in [-0.39, 0.29) is 18.0 Å². The summed E-state index contributed by atoms with van der Waals surface area (Å²) < 4.78 is 0.778. The molecule has 0 saturated carbocycles. The van der Waals surface area contributed by atoms with Crippen molar-refractivity contribution in [3.05, 3.63) is 45.7 Å². The van der Waals surface area contributed by atoms with Gasteiger partial charge in [-0.3, -0.25) is 4.79 Å². The van der Waals surface area contributed by atoms with Gasteiger partial charge >= 0.3 is 0 Å². The average Bonchev–Trinajstić information content (AvgIpc) is 2.12. The van der Waals surface area contributed by atoms with Gasteiger partial charge in [0.05, 0.1) is 10.9 Å². The van der Waals surface area contributed by atoms with Crippen LogP contribution in [0.4, 0.5) is 0 Å². The highest BCUT2D eigenvalue weighted by atomic mass is 35.5. The molecule has 0 aliphatic heterocycles. The summed E-state index contributed by atoms with van der Waals surface area (Å²) in [5.74, 6) is 0. The number of aromatic nitrogens is 2. The fourth-order valence-corrected chi connectivity index (χ4v) is 1.31. The molecule has 0 aliphatic carbocycles. The molecule has 2 aromatic rings. The van der Waals surface area contributed by atoms with Crippen molar-refractivity contribution in [1.82, 2.24) is 4.98 Å². The molecule has 0 saturated heterocycles. The van der Waals surface area contributed by atoms with Gasteiger partial charge in [-0.2, -0.15) is 4.73 Å². The lowest BCUT2D eigenvalue weighted by Crippen LogP contribution is -2.29. The second-order valence-electron chi connectivity index (χ2n) is 2.88. The van der Waals surface area contributed by atoms with Gasteiger partial charge in [0, 0.05) is 19.1 Å². The van der Waals surface area contributed by atoms with Crippen LogP contribution in [-0.2, 0) is 0 Å². The minimum absolute atomic E-state index is 0. The Labute approximate surface area is 86.2 Å². The summed E-state index contributed by atoms with van der Waals surface area (Å²) in [7, 11) is 0. The van der Waals surface area contributed by atoms with Crippen LogP contribution >= 0.6 is 12.4 Å². The van der Waals surface area contributed by atoms with Gasteiger partial charge in [0.15, 0.2) is 11.9 Å². The summed E-state index contributed by atoms with van der Waals surface area (Å²) >= 11 is 0. The van der Waals surface area contributed by atoms with Crippen molar-refractivity contribution in [2.75, 3.05) is 0 Å². The molecular formula is C9H9ClN2O2. The van der Waals surface area contributed by atoms with E-state index in [0.717, 1.165) is 10.1 Å². The van der Waals surface area contributed by atoms with Crippen LogP contribution in [0.25, 0.3) is 10.9 Å². The van der Waals surface area contributed by atoms with Crippen LogP contribution in [-0.4, -0.2) is 4.98 Å². The molecule has 74 valence electrons. The van der Waals surface area contributed by atoms with Crippen molar-refractivity contribution in [3.8, 4) is 0 Å². The predicted molar refractivity (Wildman–Crippen MR) is 55.5 cm³/mol. The maximum atomic E-state index is 11.1. The second-order valence-corrected chi connectivity index (χ2v) is 2.88. The number of pyridine rings is 2. The molecule has 0 bridgehead atoms. The monoisotopic (exact) mass is 212 g/mol. The van der Waals surface area contributed by atoms with Gasteiger partial charge < -0.3 is 10.2 Å². The summed E-state index contributed by atoms with van der Waals surface area (Å²) in [6, 6.07) is 4.66. The molecule has 0 amide bonds. The summed E-state index contributed by atoms with van der Waals surface area (Å²) in [5, 5.41) is 11.9. The third-order valence-corrected chi connectivity index (χ3v) is 2.05. The van der Waals surface area contributed by atoms with E-state index >= 15 is 0 Å². The third kappa shape index (κ3) is 1.56. The van der Waals surface area contributed by atoms with E-state index in [1.165, 1.54) is 12.3 Å². The molecular weight excluding hydrogens is 204 g/mol. The second kappa shape index (κ2) is 3.67. The Morgan fingerprint density at radius 2 is 2.07 bits per heavy atom. The van der Waals surface area contributed by atoms with Gasteiger partial charge in [-0.15, -0.1) is 12.4 Å². The highest BCUT2D eigenvalue weighted by Crippen LogP contribution is 2.09. The molecule has 1 N–H and O–H groups in total. The normalized spacial score (nSPS) is 9.79. The lowest BCUT2D eigenvalue weighted by Gasteiger charge is -2.02. The molecule has 0 fully saturated rings. The topological polar surface area (TPSA) is 59.8 Å². The Morgan fingerprint density at radius 1 is 1.36 bits per heavy atom. The number of nitrogens with zero attached hydrogens (tertiary/aromatic N) is 1. The molecule has 0 aromatic carbocycles. The van der Waals surface area contributed by atoms with E-state index in [2.05, 4.69) is 4.98 Å². The Morgan fingerprint density at radius 3 is 2.79 bits per heavy atom. The van der Waals surface area contributed by atoms with E-state index in [4.69, 9.17) is 0 Å². The molecule has 2 rings (SSSR count). The number of aromatic amines is 1. The lowest BCUT2D eigenvalue weighted by atomic mass is 10.2.